The molecule has 2 aliphatic heterocycles. The molecule has 0 aromatic rings. The summed E-state index contributed by atoms with van der Waals surface area (Å²) in [4.78, 5) is 11.8. The second kappa shape index (κ2) is 7.54. The van der Waals surface area contributed by atoms with Crippen LogP contribution >= 0.6 is 0 Å². The van der Waals surface area contributed by atoms with Crippen molar-refractivity contribution < 1.29 is 18.8 Å². The average Bonchev–Trinajstić information content (AvgIpc) is 2.99. The van der Waals surface area contributed by atoms with E-state index in [1.54, 1.807) is 0 Å². The second-order valence-electron chi connectivity index (χ2n) is 7.56. The molecule has 130 valence electrons. The Kier molecular flexibility index (Phi) is 5.65. The summed E-state index contributed by atoms with van der Waals surface area (Å²) in [5.41, 5.74) is -0.449. The quantitative estimate of drug-likeness (QED) is 0.338. The zero-order chi connectivity index (χ0) is 16.3. The molecule has 3 unspecified atom stereocenters. The van der Waals surface area contributed by atoms with Crippen LogP contribution in [0.25, 0.3) is 0 Å². The lowest BCUT2D eigenvalue weighted by Gasteiger charge is -2.22. The summed E-state index contributed by atoms with van der Waals surface area (Å²) >= 11 is 0. The zero-order valence-corrected chi connectivity index (χ0v) is 14.5. The molecule has 3 aliphatic rings. The van der Waals surface area contributed by atoms with Gasteiger partial charge in [-0.15, -0.1) is 0 Å². The fraction of sp³-hybridized carbons (Fsp3) is 0.941. The van der Waals surface area contributed by atoms with Crippen LogP contribution in [-0.2, 0) is 18.8 Å². The van der Waals surface area contributed by atoms with Gasteiger partial charge in [-0.3, -0.25) is 5.32 Å². The van der Waals surface area contributed by atoms with Gasteiger partial charge in [0.05, 0.1) is 19.3 Å². The Labute approximate surface area is 140 Å². The van der Waals surface area contributed by atoms with Gasteiger partial charge in [0, 0.05) is 6.04 Å². The Balaban J connectivity index is 1.25. The fourth-order valence-electron chi connectivity index (χ4n) is 3.71. The van der Waals surface area contributed by atoms with E-state index in [1.165, 1.54) is 32.1 Å². The van der Waals surface area contributed by atoms with Crippen LogP contribution in [0.1, 0.15) is 65.2 Å². The minimum atomic E-state index is -0.449. The van der Waals surface area contributed by atoms with Gasteiger partial charge in [-0.1, -0.05) is 32.1 Å². The largest absolute Gasteiger partial charge is 0.464 e. The molecular weight excluding hydrogens is 293 g/mol. The van der Waals surface area contributed by atoms with E-state index in [1.807, 2.05) is 13.8 Å². The first kappa shape index (κ1) is 17.2. The molecule has 5 nitrogen and oxygen atoms in total. The molecule has 3 rings (SSSR count). The first-order valence-electron chi connectivity index (χ1n) is 9.31. The maximum atomic E-state index is 11.8. The molecule has 1 N–H and O–H groups in total. The maximum Gasteiger partial charge on any atom is 0.460 e. The number of carbonyl (C=O) groups excluding carboxylic acids is 1. The van der Waals surface area contributed by atoms with E-state index in [9.17, 15) is 4.79 Å². The number of carbonyl (C=O) groups is 1. The van der Waals surface area contributed by atoms with Crippen LogP contribution in [0.5, 0.6) is 0 Å². The third-order valence-electron chi connectivity index (χ3n) is 5.68. The molecule has 0 spiro atoms. The Hall–Kier alpha value is -0.585. The SMILES string of the molecule is CC1NC1(C)C(=O)OCCCCC1COB(C2CCCCC2)O1. The Morgan fingerprint density at radius 3 is 2.74 bits per heavy atom. The molecule has 0 aromatic heterocycles. The Morgan fingerprint density at radius 1 is 1.30 bits per heavy atom. The highest BCUT2D eigenvalue weighted by molar-refractivity contribution is 6.47. The van der Waals surface area contributed by atoms with Crippen LogP contribution in [0, 0.1) is 0 Å². The molecular formula is C17H30BNO4. The first-order valence-corrected chi connectivity index (χ1v) is 9.31. The van der Waals surface area contributed by atoms with Crippen molar-refractivity contribution in [2.45, 2.75) is 88.7 Å². The number of hydrogen-bond acceptors (Lipinski definition) is 5. The van der Waals surface area contributed by atoms with Gasteiger partial charge in [0.2, 0.25) is 0 Å². The minimum Gasteiger partial charge on any atom is -0.464 e. The van der Waals surface area contributed by atoms with E-state index in [-0.39, 0.29) is 25.2 Å². The predicted molar refractivity (Wildman–Crippen MR) is 89.2 cm³/mol. The highest BCUT2D eigenvalue weighted by atomic mass is 16.6. The Bertz CT molecular complexity index is 415. The Morgan fingerprint density at radius 2 is 2.04 bits per heavy atom. The number of nitrogens with one attached hydrogen (secondary N) is 1. The van der Waals surface area contributed by atoms with Gasteiger partial charge in [-0.25, -0.2) is 4.79 Å². The van der Waals surface area contributed by atoms with E-state index < -0.39 is 5.54 Å². The third-order valence-corrected chi connectivity index (χ3v) is 5.68. The number of esters is 1. The highest BCUT2D eigenvalue weighted by Crippen LogP contribution is 2.34. The van der Waals surface area contributed by atoms with Gasteiger partial charge in [-0.05, 0) is 38.9 Å². The van der Waals surface area contributed by atoms with E-state index in [0.29, 0.717) is 12.4 Å². The summed E-state index contributed by atoms with van der Waals surface area (Å²) in [5, 5.41) is 3.12. The minimum absolute atomic E-state index is 0.0282. The van der Waals surface area contributed by atoms with E-state index in [4.69, 9.17) is 14.0 Å². The summed E-state index contributed by atoms with van der Waals surface area (Å²) < 4.78 is 17.3. The van der Waals surface area contributed by atoms with Crippen molar-refractivity contribution in [1.82, 2.24) is 5.32 Å². The average molecular weight is 323 g/mol. The number of ether oxygens (including phenoxy) is 1. The van der Waals surface area contributed by atoms with Crippen molar-refractivity contribution in [3.63, 3.8) is 0 Å². The molecule has 1 saturated carbocycles. The van der Waals surface area contributed by atoms with Gasteiger partial charge in [0.1, 0.15) is 5.54 Å². The van der Waals surface area contributed by atoms with Crippen molar-refractivity contribution in [2.24, 2.45) is 0 Å². The zero-order valence-electron chi connectivity index (χ0n) is 14.5. The van der Waals surface area contributed by atoms with Crippen LogP contribution < -0.4 is 5.32 Å². The number of rotatable bonds is 7. The molecule has 3 fully saturated rings. The van der Waals surface area contributed by atoms with Crippen molar-refractivity contribution in [3.8, 4) is 0 Å². The van der Waals surface area contributed by atoms with Crippen LogP contribution in [-0.4, -0.2) is 44.0 Å². The topological polar surface area (TPSA) is 66.7 Å². The summed E-state index contributed by atoms with van der Waals surface area (Å²) in [7, 11) is 0.0282. The molecule has 0 bridgehead atoms. The van der Waals surface area contributed by atoms with Crippen LogP contribution in [0.3, 0.4) is 0 Å². The smallest absolute Gasteiger partial charge is 0.460 e. The first-order chi connectivity index (χ1) is 11.1. The van der Waals surface area contributed by atoms with Gasteiger partial charge in [0.15, 0.2) is 0 Å². The lowest BCUT2D eigenvalue weighted by atomic mass is 9.65. The summed E-state index contributed by atoms with van der Waals surface area (Å²) in [6.07, 6.45) is 9.61. The summed E-state index contributed by atoms with van der Waals surface area (Å²) in [5.74, 6) is 0.478. The van der Waals surface area contributed by atoms with Crippen molar-refractivity contribution >= 4 is 13.1 Å². The second-order valence-corrected chi connectivity index (χ2v) is 7.56. The maximum absolute atomic E-state index is 11.8. The molecule has 6 heteroatoms. The lowest BCUT2D eigenvalue weighted by Crippen LogP contribution is -2.28. The van der Waals surface area contributed by atoms with E-state index >= 15 is 0 Å². The molecule has 2 heterocycles. The van der Waals surface area contributed by atoms with Crippen LogP contribution in [0.4, 0.5) is 0 Å². The van der Waals surface area contributed by atoms with E-state index in [2.05, 4.69) is 5.32 Å². The van der Waals surface area contributed by atoms with E-state index in [0.717, 1.165) is 25.9 Å². The monoisotopic (exact) mass is 323 g/mol. The highest BCUT2D eigenvalue weighted by Gasteiger charge is 2.54. The predicted octanol–water partition coefficient (Wildman–Crippen LogP) is 2.69. The van der Waals surface area contributed by atoms with Crippen LogP contribution in [0.15, 0.2) is 0 Å². The van der Waals surface area contributed by atoms with Crippen molar-refractivity contribution in [2.75, 3.05) is 13.2 Å². The third kappa shape index (κ3) is 4.28. The molecule has 2 saturated heterocycles. The molecule has 23 heavy (non-hydrogen) atoms. The summed E-state index contributed by atoms with van der Waals surface area (Å²) in [6.45, 7) is 5.12. The number of unbranched alkanes of at least 4 members (excludes halogenated alkanes) is 1. The fourth-order valence-corrected chi connectivity index (χ4v) is 3.71. The lowest BCUT2D eigenvalue weighted by molar-refractivity contribution is -0.146. The van der Waals surface area contributed by atoms with Crippen LogP contribution in [0.2, 0.25) is 5.82 Å². The molecule has 0 amide bonds. The van der Waals surface area contributed by atoms with Gasteiger partial charge < -0.3 is 14.0 Å². The molecule has 0 radical (unpaired) electrons. The number of hydrogen-bond donors (Lipinski definition) is 1. The molecule has 3 atom stereocenters. The molecule has 1 aliphatic carbocycles. The van der Waals surface area contributed by atoms with Gasteiger partial charge in [0.25, 0.3) is 0 Å². The van der Waals surface area contributed by atoms with Crippen molar-refractivity contribution in [3.05, 3.63) is 0 Å². The van der Waals surface area contributed by atoms with Gasteiger partial charge >= 0.3 is 13.1 Å². The standard InChI is InChI=1S/C17H30BNO4/c1-13-17(2,19-13)16(20)21-11-7-6-10-15-12-22-18(23-15)14-8-4-3-5-9-14/h13-15,19H,3-12H2,1-2H3. The normalized spacial score (nSPS) is 34.6. The summed E-state index contributed by atoms with van der Waals surface area (Å²) in [6, 6.07) is 0.232. The van der Waals surface area contributed by atoms with Crippen molar-refractivity contribution in [1.29, 1.82) is 0 Å². The molecule has 0 aromatic carbocycles. The van der Waals surface area contributed by atoms with Gasteiger partial charge in [-0.2, -0.15) is 0 Å².